The van der Waals surface area contributed by atoms with Gasteiger partial charge in [-0.3, -0.25) is 0 Å². The van der Waals surface area contributed by atoms with E-state index in [1.807, 2.05) is 6.92 Å². The third-order valence-corrected chi connectivity index (χ3v) is 3.80. The maximum Gasteiger partial charge on any atom is 0.226 e. The third-order valence-electron chi connectivity index (χ3n) is 3.80. The highest BCUT2D eigenvalue weighted by molar-refractivity contribution is 5.03. The van der Waals surface area contributed by atoms with Gasteiger partial charge in [0.05, 0.1) is 0 Å². The van der Waals surface area contributed by atoms with Crippen molar-refractivity contribution in [2.24, 2.45) is 5.73 Å². The van der Waals surface area contributed by atoms with E-state index in [0.29, 0.717) is 19.0 Å². The van der Waals surface area contributed by atoms with Crippen LogP contribution in [-0.4, -0.2) is 23.3 Å². The zero-order chi connectivity index (χ0) is 13.6. The van der Waals surface area contributed by atoms with Gasteiger partial charge in [-0.25, -0.2) is 0 Å². The van der Waals surface area contributed by atoms with E-state index in [1.165, 1.54) is 19.3 Å². The number of hydrogen-bond donors (Lipinski definition) is 1. The molecule has 2 rings (SSSR count). The Morgan fingerprint density at radius 1 is 1.26 bits per heavy atom. The zero-order valence-electron chi connectivity index (χ0n) is 11.9. The Bertz CT molecular complexity index is 367. The molecule has 0 spiro atoms. The summed E-state index contributed by atoms with van der Waals surface area (Å²) in [5.41, 5.74) is 5.19. The van der Waals surface area contributed by atoms with Gasteiger partial charge in [0.1, 0.15) is 5.60 Å². The minimum Gasteiger partial charge on any atom is -0.367 e. The van der Waals surface area contributed by atoms with Gasteiger partial charge in [0.25, 0.3) is 0 Å². The van der Waals surface area contributed by atoms with E-state index in [9.17, 15) is 0 Å². The van der Waals surface area contributed by atoms with Crippen LogP contribution < -0.4 is 5.73 Å². The summed E-state index contributed by atoms with van der Waals surface area (Å²) in [6, 6.07) is 0. The summed E-state index contributed by atoms with van der Waals surface area (Å²) in [5.74, 6) is 1.46. The van der Waals surface area contributed by atoms with E-state index in [2.05, 4.69) is 10.1 Å². The van der Waals surface area contributed by atoms with Crippen molar-refractivity contribution in [3.8, 4) is 0 Å². The fraction of sp³-hybridized carbons (Fsp3) is 0.857. The van der Waals surface area contributed by atoms with Crippen LogP contribution in [0.4, 0.5) is 0 Å². The molecule has 1 aromatic rings. The van der Waals surface area contributed by atoms with Gasteiger partial charge in [-0.05, 0) is 39.2 Å². The molecule has 1 aliphatic carbocycles. The lowest BCUT2D eigenvalue weighted by molar-refractivity contribution is -0.0777. The summed E-state index contributed by atoms with van der Waals surface area (Å²) in [7, 11) is 0. The van der Waals surface area contributed by atoms with Crippen molar-refractivity contribution in [2.45, 2.75) is 63.9 Å². The summed E-state index contributed by atoms with van der Waals surface area (Å²) < 4.78 is 11.3. The predicted octanol–water partition coefficient (Wildman–Crippen LogP) is 2.55. The normalized spacial score (nSPS) is 18.6. The Morgan fingerprint density at radius 2 is 2.05 bits per heavy atom. The molecule has 1 saturated carbocycles. The van der Waals surface area contributed by atoms with Crippen molar-refractivity contribution < 1.29 is 9.26 Å². The predicted molar refractivity (Wildman–Crippen MR) is 72.7 cm³/mol. The molecule has 19 heavy (non-hydrogen) atoms. The summed E-state index contributed by atoms with van der Waals surface area (Å²) in [5, 5.41) is 4.17. The van der Waals surface area contributed by atoms with E-state index in [4.69, 9.17) is 15.0 Å². The number of rotatable bonds is 7. The van der Waals surface area contributed by atoms with E-state index in [-0.39, 0.29) is 5.60 Å². The highest BCUT2D eigenvalue weighted by atomic mass is 16.5. The van der Waals surface area contributed by atoms with E-state index in [1.54, 1.807) is 0 Å². The van der Waals surface area contributed by atoms with Gasteiger partial charge in [-0.1, -0.05) is 24.4 Å². The standard InChI is InChI=1S/C14H25N3O2/c1-2-18-14(9-5-3-6-10-14)13-16-12(19-17-13)8-4-7-11-15/h2-11,15H2,1H3. The molecule has 0 unspecified atom stereocenters. The first-order valence-electron chi connectivity index (χ1n) is 7.48. The molecular weight excluding hydrogens is 242 g/mol. The van der Waals surface area contributed by atoms with Crippen molar-refractivity contribution in [2.75, 3.05) is 13.2 Å². The Morgan fingerprint density at radius 3 is 2.74 bits per heavy atom. The van der Waals surface area contributed by atoms with Gasteiger partial charge < -0.3 is 15.0 Å². The second-order valence-corrected chi connectivity index (χ2v) is 5.25. The molecule has 108 valence electrons. The van der Waals surface area contributed by atoms with Gasteiger partial charge in [0.15, 0.2) is 0 Å². The molecule has 1 fully saturated rings. The largest absolute Gasteiger partial charge is 0.367 e. The van der Waals surface area contributed by atoms with Crippen LogP contribution in [0.2, 0.25) is 0 Å². The molecule has 0 radical (unpaired) electrons. The monoisotopic (exact) mass is 267 g/mol. The number of nitrogens with two attached hydrogens (primary N) is 1. The van der Waals surface area contributed by atoms with Crippen molar-refractivity contribution in [1.82, 2.24) is 10.1 Å². The van der Waals surface area contributed by atoms with Crippen LogP contribution in [0, 0.1) is 0 Å². The van der Waals surface area contributed by atoms with Gasteiger partial charge in [-0.2, -0.15) is 4.98 Å². The van der Waals surface area contributed by atoms with Crippen molar-refractivity contribution >= 4 is 0 Å². The topological polar surface area (TPSA) is 74.2 Å². The Hall–Kier alpha value is -0.940. The first-order chi connectivity index (χ1) is 9.30. The number of aromatic nitrogens is 2. The number of unbranched alkanes of at least 4 members (excludes halogenated alkanes) is 1. The number of aryl methyl sites for hydroxylation is 1. The van der Waals surface area contributed by atoms with Crippen molar-refractivity contribution in [3.05, 3.63) is 11.7 Å². The second kappa shape index (κ2) is 7.01. The molecule has 2 N–H and O–H groups in total. The second-order valence-electron chi connectivity index (χ2n) is 5.25. The minimum absolute atomic E-state index is 0.303. The zero-order valence-corrected chi connectivity index (χ0v) is 11.9. The van der Waals surface area contributed by atoms with Crippen molar-refractivity contribution in [1.29, 1.82) is 0 Å². The number of hydrogen-bond acceptors (Lipinski definition) is 5. The molecule has 0 aromatic carbocycles. The molecule has 0 bridgehead atoms. The molecule has 5 nitrogen and oxygen atoms in total. The molecule has 0 atom stereocenters. The van der Waals surface area contributed by atoms with Crippen LogP contribution in [-0.2, 0) is 16.8 Å². The average molecular weight is 267 g/mol. The van der Waals surface area contributed by atoms with Crippen LogP contribution >= 0.6 is 0 Å². The molecular formula is C14H25N3O2. The summed E-state index contributed by atoms with van der Waals surface area (Å²) in [6.07, 6.45) is 8.44. The third kappa shape index (κ3) is 3.54. The van der Waals surface area contributed by atoms with Crippen LogP contribution in [0.25, 0.3) is 0 Å². The van der Waals surface area contributed by atoms with Gasteiger partial charge >= 0.3 is 0 Å². The number of nitrogens with zero attached hydrogens (tertiary/aromatic N) is 2. The smallest absolute Gasteiger partial charge is 0.226 e. The Labute approximate surface area is 114 Å². The Kier molecular flexibility index (Phi) is 5.34. The lowest BCUT2D eigenvalue weighted by atomic mass is 9.84. The van der Waals surface area contributed by atoms with E-state index in [0.717, 1.165) is 37.9 Å². The quantitative estimate of drug-likeness (QED) is 0.768. The lowest BCUT2D eigenvalue weighted by Crippen LogP contribution is -2.33. The lowest BCUT2D eigenvalue weighted by Gasteiger charge is -2.33. The van der Waals surface area contributed by atoms with Crippen LogP contribution in [0.3, 0.4) is 0 Å². The van der Waals surface area contributed by atoms with E-state index < -0.39 is 0 Å². The highest BCUT2D eigenvalue weighted by Gasteiger charge is 2.39. The molecule has 1 aliphatic rings. The van der Waals surface area contributed by atoms with Crippen molar-refractivity contribution in [3.63, 3.8) is 0 Å². The van der Waals surface area contributed by atoms with Crippen LogP contribution in [0.15, 0.2) is 4.52 Å². The SMILES string of the molecule is CCOC1(c2noc(CCCCN)n2)CCCCC1. The summed E-state index contributed by atoms with van der Waals surface area (Å²) >= 11 is 0. The fourth-order valence-electron chi connectivity index (χ4n) is 2.79. The molecule has 0 amide bonds. The van der Waals surface area contributed by atoms with E-state index >= 15 is 0 Å². The maximum absolute atomic E-state index is 5.99. The number of ether oxygens (including phenoxy) is 1. The minimum atomic E-state index is -0.303. The van der Waals surface area contributed by atoms with Gasteiger partial charge in [0.2, 0.25) is 11.7 Å². The summed E-state index contributed by atoms with van der Waals surface area (Å²) in [4.78, 5) is 4.55. The van der Waals surface area contributed by atoms with Gasteiger partial charge in [-0.15, -0.1) is 0 Å². The van der Waals surface area contributed by atoms with Crippen LogP contribution in [0.1, 0.15) is 63.6 Å². The molecule has 0 saturated heterocycles. The van der Waals surface area contributed by atoms with Gasteiger partial charge in [0, 0.05) is 13.0 Å². The van der Waals surface area contributed by atoms with Crippen LogP contribution in [0.5, 0.6) is 0 Å². The fourth-order valence-corrected chi connectivity index (χ4v) is 2.79. The maximum atomic E-state index is 5.99. The summed E-state index contributed by atoms with van der Waals surface area (Å²) in [6.45, 7) is 3.43. The molecule has 0 aliphatic heterocycles. The molecule has 1 aromatic heterocycles. The molecule has 1 heterocycles. The first-order valence-corrected chi connectivity index (χ1v) is 7.48. The average Bonchev–Trinajstić information content (AvgIpc) is 2.90. The first kappa shape index (κ1) is 14.5. The highest BCUT2D eigenvalue weighted by Crippen LogP contribution is 2.39. The molecule has 5 heteroatoms. The Balaban J connectivity index is 2.04.